The Morgan fingerprint density at radius 1 is 1.11 bits per heavy atom. The third kappa shape index (κ3) is 5.05. The van der Waals surface area contributed by atoms with Crippen LogP contribution in [0.1, 0.15) is 22.7 Å². The van der Waals surface area contributed by atoms with Crippen molar-refractivity contribution in [2.75, 3.05) is 26.1 Å². The van der Waals surface area contributed by atoms with Gasteiger partial charge in [-0.2, -0.15) is 0 Å². The summed E-state index contributed by atoms with van der Waals surface area (Å²) in [5, 5.41) is 3.28. The number of carbonyl (C=O) groups excluding carboxylic acids is 2. The molecule has 7 nitrogen and oxygen atoms in total. The minimum Gasteiger partial charge on any atom is -0.497 e. The number of carbonyl (C=O) groups is 2. The van der Waals surface area contributed by atoms with E-state index < -0.39 is 23.7 Å². The zero-order valence-electron chi connectivity index (χ0n) is 19.7. The van der Waals surface area contributed by atoms with Crippen molar-refractivity contribution >= 4 is 40.7 Å². The Hall–Kier alpha value is -3.49. The van der Waals surface area contributed by atoms with E-state index in [0.29, 0.717) is 33.3 Å². The molecule has 36 heavy (non-hydrogen) atoms. The SMILES string of the molecule is COc1ccc(CN2C(=O)COc3c(C)ccc(F)c3C2C(=O)Nc2ccc(Cl)c(Cl)c2)c(OC)c1. The van der Waals surface area contributed by atoms with Crippen LogP contribution in [0, 0.1) is 12.7 Å². The maximum atomic E-state index is 15.3. The average Bonchev–Trinajstić information content (AvgIpc) is 3.01. The van der Waals surface area contributed by atoms with Gasteiger partial charge in [0.1, 0.15) is 29.1 Å². The minimum absolute atomic E-state index is 0.0362. The number of hydrogen-bond acceptors (Lipinski definition) is 5. The van der Waals surface area contributed by atoms with Gasteiger partial charge in [0, 0.05) is 17.3 Å². The fourth-order valence-electron chi connectivity index (χ4n) is 4.05. The molecule has 0 aromatic heterocycles. The number of ether oxygens (including phenoxy) is 3. The standard InChI is InChI=1S/C26H23Cl2FN2O5/c1-14-4-9-20(29)23-24(26(33)30-16-6-8-18(27)19(28)10-16)31(22(32)13-36-25(14)23)12-15-5-7-17(34-2)11-21(15)35-3/h4-11,24H,12-13H2,1-3H3,(H,30,33). The molecule has 0 radical (unpaired) electrons. The monoisotopic (exact) mass is 532 g/mol. The smallest absolute Gasteiger partial charge is 0.261 e. The number of hydrogen-bond donors (Lipinski definition) is 1. The number of fused-ring (bicyclic) bond motifs is 1. The average molecular weight is 533 g/mol. The molecule has 0 saturated carbocycles. The number of nitrogens with one attached hydrogen (secondary N) is 1. The van der Waals surface area contributed by atoms with Crippen molar-refractivity contribution in [1.29, 1.82) is 0 Å². The molecule has 0 aliphatic carbocycles. The number of methoxy groups -OCH3 is 2. The molecule has 1 unspecified atom stereocenters. The third-order valence-electron chi connectivity index (χ3n) is 5.86. The van der Waals surface area contributed by atoms with E-state index in [2.05, 4.69) is 5.32 Å². The number of nitrogens with zero attached hydrogens (tertiary/aromatic N) is 1. The van der Waals surface area contributed by atoms with Crippen LogP contribution in [-0.2, 0) is 16.1 Å². The Bertz CT molecular complexity index is 1330. The van der Waals surface area contributed by atoms with E-state index in [0.717, 1.165) is 0 Å². The van der Waals surface area contributed by atoms with Crippen molar-refractivity contribution in [3.63, 3.8) is 0 Å². The molecule has 4 rings (SSSR count). The van der Waals surface area contributed by atoms with Gasteiger partial charge < -0.3 is 24.4 Å². The second kappa shape index (κ2) is 10.6. The summed E-state index contributed by atoms with van der Waals surface area (Å²) >= 11 is 12.1. The summed E-state index contributed by atoms with van der Waals surface area (Å²) in [7, 11) is 3.01. The Morgan fingerprint density at radius 3 is 2.58 bits per heavy atom. The van der Waals surface area contributed by atoms with Crippen LogP contribution in [0.2, 0.25) is 10.0 Å². The molecule has 2 amide bonds. The Balaban J connectivity index is 1.81. The van der Waals surface area contributed by atoms with E-state index >= 15 is 4.39 Å². The highest BCUT2D eigenvalue weighted by Crippen LogP contribution is 2.39. The lowest BCUT2D eigenvalue weighted by molar-refractivity contribution is -0.140. The molecular weight excluding hydrogens is 510 g/mol. The number of halogens is 3. The summed E-state index contributed by atoms with van der Waals surface area (Å²) < 4.78 is 31.7. The van der Waals surface area contributed by atoms with E-state index in [4.69, 9.17) is 37.4 Å². The van der Waals surface area contributed by atoms with Crippen molar-refractivity contribution in [3.8, 4) is 17.2 Å². The first-order valence-corrected chi connectivity index (χ1v) is 11.7. The van der Waals surface area contributed by atoms with Gasteiger partial charge >= 0.3 is 0 Å². The second-order valence-corrected chi connectivity index (χ2v) is 8.93. The number of benzene rings is 3. The van der Waals surface area contributed by atoms with Crippen molar-refractivity contribution < 1.29 is 28.2 Å². The topological polar surface area (TPSA) is 77.1 Å². The second-order valence-electron chi connectivity index (χ2n) is 8.12. The number of amides is 2. The van der Waals surface area contributed by atoms with Gasteiger partial charge in [-0.3, -0.25) is 9.59 Å². The molecule has 0 fully saturated rings. The highest BCUT2D eigenvalue weighted by molar-refractivity contribution is 6.42. The normalized spacial score (nSPS) is 15.0. The lowest BCUT2D eigenvalue weighted by atomic mass is 9.98. The molecule has 0 saturated heterocycles. The Morgan fingerprint density at radius 2 is 1.89 bits per heavy atom. The molecule has 1 N–H and O–H groups in total. The molecule has 188 valence electrons. The molecule has 3 aromatic rings. The van der Waals surface area contributed by atoms with E-state index in [1.165, 1.54) is 43.4 Å². The fourth-order valence-corrected chi connectivity index (χ4v) is 4.35. The predicted molar refractivity (Wildman–Crippen MR) is 135 cm³/mol. The lowest BCUT2D eigenvalue weighted by Gasteiger charge is -2.30. The first kappa shape index (κ1) is 25.6. The molecule has 0 spiro atoms. The van der Waals surface area contributed by atoms with Gasteiger partial charge in [0.25, 0.3) is 11.8 Å². The first-order chi connectivity index (χ1) is 17.2. The highest BCUT2D eigenvalue weighted by atomic mass is 35.5. The van der Waals surface area contributed by atoms with Crippen molar-refractivity contribution in [3.05, 3.63) is 81.1 Å². The molecule has 0 bridgehead atoms. The molecular formula is C26H23Cl2FN2O5. The summed E-state index contributed by atoms with van der Waals surface area (Å²) in [5.41, 5.74) is 1.49. The van der Waals surface area contributed by atoms with E-state index in [9.17, 15) is 9.59 Å². The summed E-state index contributed by atoms with van der Waals surface area (Å²) in [6.07, 6.45) is 0. The largest absolute Gasteiger partial charge is 0.497 e. The van der Waals surface area contributed by atoms with Crippen LogP contribution < -0.4 is 19.5 Å². The highest BCUT2D eigenvalue weighted by Gasteiger charge is 2.39. The van der Waals surface area contributed by atoms with Crippen LogP contribution in [-0.4, -0.2) is 37.5 Å². The fraction of sp³-hybridized carbons (Fsp3) is 0.231. The van der Waals surface area contributed by atoms with Gasteiger partial charge in [0.15, 0.2) is 6.61 Å². The van der Waals surface area contributed by atoms with Gasteiger partial charge in [-0.25, -0.2) is 4.39 Å². The van der Waals surface area contributed by atoms with Crippen molar-refractivity contribution in [2.24, 2.45) is 0 Å². The minimum atomic E-state index is -1.35. The zero-order valence-corrected chi connectivity index (χ0v) is 21.2. The van der Waals surface area contributed by atoms with Crippen LogP contribution in [0.3, 0.4) is 0 Å². The van der Waals surface area contributed by atoms with Crippen LogP contribution >= 0.6 is 23.2 Å². The van der Waals surface area contributed by atoms with Gasteiger partial charge in [-0.15, -0.1) is 0 Å². The van der Waals surface area contributed by atoms with E-state index in [1.807, 2.05) is 0 Å². The molecule has 1 atom stereocenters. The van der Waals surface area contributed by atoms with E-state index in [1.54, 1.807) is 31.2 Å². The molecule has 1 aliphatic rings. The van der Waals surface area contributed by atoms with Gasteiger partial charge in [-0.1, -0.05) is 29.3 Å². The van der Waals surface area contributed by atoms with Crippen LogP contribution in [0.25, 0.3) is 0 Å². The predicted octanol–water partition coefficient (Wildman–Crippen LogP) is 5.56. The van der Waals surface area contributed by atoms with Crippen molar-refractivity contribution in [1.82, 2.24) is 4.90 Å². The Kier molecular flexibility index (Phi) is 7.56. The quantitative estimate of drug-likeness (QED) is 0.449. The maximum Gasteiger partial charge on any atom is 0.261 e. The van der Waals surface area contributed by atoms with Crippen molar-refractivity contribution in [2.45, 2.75) is 19.5 Å². The maximum absolute atomic E-state index is 15.3. The number of rotatable bonds is 6. The number of anilines is 1. The lowest BCUT2D eigenvalue weighted by Crippen LogP contribution is -2.41. The molecule has 3 aromatic carbocycles. The first-order valence-electron chi connectivity index (χ1n) is 10.9. The molecule has 10 heteroatoms. The third-order valence-corrected chi connectivity index (χ3v) is 6.59. The van der Waals surface area contributed by atoms with Crippen LogP contribution in [0.5, 0.6) is 17.2 Å². The number of aryl methyl sites for hydroxylation is 1. The van der Waals surface area contributed by atoms with Crippen LogP contribution in [0.4, 0.5) is 10.1 Å². The summed E-state index contributed by atoms with van der Waals surface area (Å²) in [4.78, 5) is 28.3. The Labute approximate surface area is 217 Å². The van der Waals surface area contributed by atoms with Gasteiger partial charge in [-0.05, 0) is 48.9 Å². The molecule has 1 heterocycles. The summed E-state index contributed by atoms with van der Waals surface area (Å²) in [6, 6.07) is 11.1. The van der Waals surface area contributed by atoms with E-state index in [-0.39, 0.29) is 29.5 Å². The summed E-state index contributed by atoms with van der Waals surface area (Å²) in [5.74, 6) is -0.668. The zero-order chi connectivity index (χ0) is 26.0. The van der Waals surface area contributed by atoms with Gasteiger partial charge in [0.2, 0.25) is 0 Å². The van der Waals surface area contributed by atoms with Gasteiger partial charge in [0.05, 0.1) is 36.4 Å². The molecule has 1 aliphatic heterocycles. The summed E-state index contributed by atoms with van der Waals surface area (Å²) in [6.45, 7) is 1.30. The van der Waals surface area contributed by atoms with Crippen LogP contribution in [0.15, 0.2) is 48.5 Å².